The number of ether oxygens (including phenoxy) is 2. The molecular formula is C17H15NO2. The Hall–Kier alpha value is -2.10. The van der Waals surface area contributed by atoms with Gasteiger partial charge in [-0.3, -0.25) is 0 Å². The van der Waals surface area contributed by atoms with Gasteiger partial charge in [-0.2, -0.15) is 0 Å². The van der Waals surface area contributed by atoms with Crippen molar-refractivity contribution in [3.05, 3.63) is 66.4 Å². The Morgan fingerprint density at radius 3 is 2.65 bits per heavy atom. The van der Waals surface area contributed by atoms with Gasteiger partial charge in [0.2, 0.25) is 0 Å². The highest BCUT2D eigenvalue weighted by molar-refractivity contribution is 5.81. The van der Waals surface area contributed by atoms with E-state index in [2.05, 4.69) is 53.2 Å². The van der Waals surface area contributed by atoms with Gasteiger partial charge in [0.25, 0.3) is 0 Å². The molecule has 1 saturated heterocycles. The summed E-state index contributed by atoms with van der Waals surface area (Å²) < 4.78 is 13.3. The summed E-state index contributed by atoms with van der Waals surface area (Å²) in [6.45, 7) is 1.34. The quantitative estimate of drug-likeness (QED) is 0.705. The van der Waals surface area contributed by atoms with E-state index in [0.717, 1.165) is 11.3 Å². The van der Waals surface area contributed by atoms with E-state index in [1.165, 1.54) is 10.9 Å². The summed E-state index contributed by atoms with van der Waals surface area (Å²) in [5, 5.41) is 1.24. The summed E-state index contributed by atoms with van der Waals surface area (Å²) >= 11 is 0. The first kappa shape index (κ1) is 11.7. The van der Waals surface area contributed by atoms with Crippen LogP contribution in [0.2, 0.25) is 0 Å². The van der Waals surface area contributed by atoms with E-state index in [0.29, 0.717) is 13.2 Å². The van der Waals surface area contributed by atoms with Crippen molar-refractivity contribution in [2.45, 2.75) is 6.29 Å². The number of aromatic nitrogens is 1. The van der Waals surface area contributed by atoms with E-state index < -0.39 is 0 Å². The lowest BCUT2D eigenvalue weighted by atomic mass is 10.2. The molecule has 1 fully saturated rings. The molecule has 3 nitrogen and oxygen atoms in total. The molecule has 1 aliphatic heterocycles. The highest BCUT2D eigenvalue weighted by Gasteiger charge is 2.18. The van der Waals surface area contributed by atoms with Gasteiger partial charge in [-0.1, -0.05) is 30.3 Å². The lowest BCUT2D eigenvalue weighted by Crippen LogP contribution is -2.00. The van der Waals surface area contributed by atoms with Gasteiger partial charge in [0.05, 0.1) is 18.7 Å². The van der Waals surface area contributed by atoms with Gasteiger partial charge >= 0.3 is 0 Å². The number of hydrogen-bond acceptors (Lipinski definition) is 2. The third-order valence-electron chi connectivity index (χ3n) is 3.64. The molecule has 0 N–H and O–H groups in total. The van der Waals surface area contributed by atoms with Gasteiger partial charge in [-0.05, 0) is 29.7 Å². The third kappa shape index (κ3) is 1.92. The smallest absolute Gasteiger partial charge is 0.184 e. The van der Waals surface area contributed by atoms with Crippen molar-refractivity contribution in [3.8, 4) is 5.69 Å². The van der Waals surface area contributed by atoms with Crippen molar-refractivity contribution in [1.82, 2.24) is 4.57 Å². The van der Waals surface area contributed by atoms with E-state index in [1.54, 1.807) is 0 Å². The van der Waals surface area contributed by atoms with Crippen LogP contribution < -0.4 is 0 Å². The van der Waals surface area contributed by atoms with Crippen LogP contribution in [-0.2, 0) is 9.47 Å². The fourth-order valence-electron chi connectivity index (χ4n) is 2.68. The normalized spacial score (nSPS) is 16.0. The molecule has 3 heteroatoms. The van der Waals surface area contributed by atoms with Crippen LogP contribution in [0, 0.1) is 0 Å². The van der Waals surface area contributed by atoms with Crippen LogP contribution in [0.15, 0.2) is 60.8 Å². The Kier molecular flexibility index (Phi) is 2.80. The maximum Gasteiger partial charge on any atom is 0.184 e. The fraction of sp³-hybridized carbons (Fsp3) is 0.176. The predicted molar refractivity (Wildman–Crippen MR) is 77.9 cm³/mol. The molecule has 0 radical (unpaired) electrons. The largest absolute Gasteiger partial charge is 0.346 e. The molecule has 0 spiro atoms. The highest BCUT2D eigenvalue weighted by atomic mass is 16.7. The maximum absolute atomic E-state index is 5.57. The van der Waals surface area contributed by atoms with Gasteiger partial charge in [0, 0.05) is 17.4 Å². The van der Waals surface area contributed by atoms with Crippen LogP contribution in [0.25, 0.3) is 16.6 Å². The first-order valence-corrected chi connectivity index (χ1v) is 6.81. The molecular weight excluding hydrogens is 250 g/mol. The molecule has 1 aliphatic rings. The second kappa shape index (κ2) is 4.78. The van der Waals surface area contributed by atoms with Crippen molar-refractivity contribution < 1.29 is 9.47 Å². The number of hydrogen-bond donors (Lipinski definition) is 0. The molecule has 20 heavy (non-hydrogen) atoms. The minimum atomic E-state index is -0.225. The molecule has 0 saturated carbocycles. The summed E-state index contributed by atoms with van der Waals surface area (Å²) in [6, 6.07) is 18.8. The Morgan fingerprint density at radius 1 is 0.900 bits per heavy atom. The van der Waals surface area contributed by atoms with Crippen molar-refractivity contribution >= 4 is 10.9 Å². The Bertz CT molecular complexity index is 741. The van der Waals surface area contributed by atoms with Crippen LogP contribution in [-0.4, -0.2) is 17.8 Å². The van der Waals surface area contributed by atoms with Crippen LogP contribution >= 0.6 is 0 Å². The number of rotatable bonds is 2. The first-order chi connectivity index (χ1) is 9.92. The number of benzene rings is 2. The minimum Gasteiger partial charge on any atom is -0.346 e. The third-order valence-corrected chi connectivity index (χ3v) is 3.64. The Morgan fingerprint density at radius 2 is 1.75 bits per heavy atom. The maximum atomic E-state index is 5.57. The van der Waals surface area contributed by atoms with E-state index in [9.17, 15) is 0 Å². The van der Waals surface area contributed by atoms with Gasteiger partial charge in [0.15, 0.2) is 6.29 Å². The fourth-order valence-corrected chi connectivity index (χ4v) is 2.68. The molecule has 1 aromatic heterocycles. The molecule has 4 rings (SSSR count). The van der Waals surface area contributed by atoms with Crippen LogP contribution in [0.5, 0.6) is 0 Å². The van der Waals surface area contributed by atoms with Gasteiger partial charge < -0.3 is 14.0 Å². The summed E-state index contributed by atoms with van der Waals surface area (Å²) in [5.41, 5.74) is 3.40. The molecule has 0 amide bonds. The molecule has 0 bridgehead atoms. The average molecular weight is 265 g/mol. The van der Waals surface area contributed by atoms with Gasteiger partial charge in [-0.15, -0.1) is 0 Å². The lowest BCUT2D eigenvalue weighted by molar-refractivity contribution is -0.0441. The lowest BCUT2D eigenvalue weighted by Gasteiger charge is -2.12. The minimum absolute atomic E-state index is 0.225. The van der Waals surface area contributed by atoms with Crippen LogP contribution in [0.4, 0.5) is 0 Å². The van der Waals surface area contributed by atoms with Crippen LogP contribution in [0.1, 0.15) is 11.9 Å². The van der Waals surface area contributed by atoms with Gasteiger partial charge in [-0.25, -0.2) is 0 Å². The Labute approximate surface area is 117 Å². The van der Waals surface area contributed by atoms with Crippen molar-refractivity contribution in [3.63, 3.8) is 0 Å². The van der Waals surface area contributed by atoms with Crippen LogP contribution in [0.3, 0.4) is 0 Å². The summed E-state index contributed by atoms with van der Waals surface area (Å²) in [6.07, 6.45) is 1.87. The van der Waals surface area contributed by atoms with E-state index >= 15 is 0 Å². The topological polar surface area (TPSA) is 23.4 Å². The molecule has 0 atom stereocenters. The molecule has 2 heterocycles. The SMILES string of the molecule is c1cc(C2OCCO2)cc(-n2ccc3ccccc32)c1. The van der Waals surface area contributed by atoms with Crippen molar-refractivity contribution in [2.75, 3.05) is 13.2 Å². The monoisotopic (exact) mass is 265 g/mol. The molecule has 2 aromatic carbocycles. The molecule has 0 unspecified atom stereocenters. The molecule has 0 aliphatic carbocycles. The molecule has 100 valence electrons. The summed E-state index contributed by atoms with van der Waals surface area (Å²) in [5.74, 6) is 0. The zero-order chi connectivity index (χ0) is 13.4. The molecule has 3 aromatic rings. The Balaban J connectivity index is 1.80. The summed E-state index contributed by atoms with van der Waals surface area (Å²) in [7, 11) is 0. The number of para-hydroxylation sites is 1. The zero-order valence-corrected chi connectivity index (χ0v) is 11.0. The number of fused-ring (bicyclic) bond motifs is 1. The second-order valence-electron chi connectivity index (χ2n) is 4.91. The van der Waals surface area contributed by atoms with Crippen molar-refractivity contribution in [2.24, 2.45) is 0 Å². The first-order valence-electron chi connectivity index (χ1n) is 6.81. The van der Waals surface area contributed by atoms with E-state index in [4.69, 9.17) is 9.47 Å². The standard InChI is InChI=1S/C17H15NO2/c1-2-7-16-13(4-1)8-9-18(16)15-6-3-5-14(12-15)17-19-10-11-20-17/h1-9,12,17H,10-11H2. The van der Waals surface area contributed by atoms with Gasteiger partial charge in [0.1, 0.15) is 0 Å². The van der Waals surface area contributed by atoms with E-state index in [1.807, 2.05) is 12.1 Å². The highest BCUT2D eigenvalue weighted by Crippen LogP contribution is 2.26. The van der Waals surface area contributed by atoms with E-state index in [-0.39, 0.29) is 6.29 Å². The summed E-state index contributed by atoms with van der Waals surface area (Å²) in [4.78, 5) is 0. The zero-order valence-electron chi connectivity index (χ0n) is 11.0. The predicted octanol–water partition coefficient (Wildman–Crippen LogP) is 3.68. The average Bonchev–Trinajstić information content (AvgIpc) is 3.17. The second-order valence-corrected chi connectivity index (χ2v) is 4.91. The number of nitrogens with zero attached hydrogens (tertiary/aromatic N) is 1. The van der Waals surface area contributed by atoms with Crippen molar-refractivity contribution in [1.29, 1.82) is 0 Å².